The van der Waals surface area contributed by atoms with Crippen LogP contribution in [0.4, 0.5) is 0 Å². The first-order valence-electron chi connectivity index (χ1n) is 6.69. The van der Waals surface area contributed by atoms with Gasteiger partial charge in [0.2, 0.25) is 0 Å². The third-order valence-electron chi connectivity index (χ3n) is 3.40. The Morgan fingerprint density at radius 2 is 1.89 bits per heavy atom. The molecule has 0 spiro atoms. The maximum absolute atomic E-state index is 6.24. The highest BCUT2D eigenvalue weighted by Crippen LogP contribution is 2.33. The molecule has 1 aromatic rings. The summed E-state index contributed by atoms with van der Waals surface area (Å²) in [4.78, 5) is 0. The molecule has 0 aliphatic carbocycles. The molecule has 2 aliphatic heterocycles. The average molecular weight is 265 g/mol. The molecule has 2 N–H and O–H groups in total. The van der Waals surface area contributed by atoms with Crippen molar-refractivity contribution in [2.45, 2.75) is 18.6 Å². The van der Waals surface area contributed by atoms with Crippen LogP contribution in [-0.4, -0.2) is 39.1 Å². The van der Waals surface area contributed by atoms with Gasteiger partial charge in [0.15, 0.2) is 11.5 Å². The van der Waals surface area contributed by atoms with E-state index in [9.17, 15) is 0 Å². The maximum Gasteiger partial charge on any atom is 0.161 e. The Kier molecular flexibility index (Phi) is 3.87. The Hall–Kier alpha value is -1.30. The molecule has 1 saturated heterocycles. The summed E-state index contributed by atoms with van der Waals surface area (Å²) >= 11 is 0. The normalized spacial score (nSPS) is 24.6. The van der Waals surface area contributed by atoms with Crippen LogP contribution >= 0.6 is 0 Å². The fourth-order valence-corrected chi connectivity index (χ4v) is 2.32. The van der Waals surface area contributed by atoms with Crippen molar-refractivity contribution in [3.8, 4) is 11.5 Å². The number of fused-ring (bicyclic) bond motifs is 1. The molecule has 0 aromatic heterocycles. The third-order valence-corrected chi connectivity index (χ3v) is 3.40. The predicted octanol–water partition coefficient (Wildman–Crippen LogP) is 1.26. The average Bonchev–Trinajstić information content (AvgIpc) is 2.72. The first-order chi connectivity index (χ1) is 9.34. The minimum absolute atomic E-state index is 0.0986. The van der Waals surface area contributed by atoms with Crippen LogP contribution in [0.5, 0.6) is 11.5 Å². The zero-order valence-corrected chi connectivity index (χ0v) is 10.8. The van der Waals surface area contributed by atoms with Gasteiger partial charge in [0.1, 0.15) is 6.10 Å². The maximum atomic E-state index is 6.24. The van der Waals surface area contributed by atoms with Crippen LogP contribution in [0, 0.1) is 0 Å². The van der Waals surface area contributed by atoms with Crippen molar-refractivity contribution in [2.75, 3.05) is 33.0 Å². The number of rotatable bonds is 2. The van der Waals surface area contributed by atoms with Gasteiger partial charge in [0, 0.05) is 6.42 Å². The minimum atomic E-state index is -0.211. The van der Waals surface area contributed by atoms with Crippen LogP contribution < -0.4 is 15.2 Å². The molecular formula is C14H19NO4. The number of benzene rings is 1. The quantitative estimate of drug-likeness (QED) is 0.872. The molecule has 2 atom stereocenters. The van der Waals surface area contributed by atoms with Crippen LogP contribution in [0.3, 0.4) is 0 Å². The number of ether oxygens (including phenoxy) is 4. The Labute approximate surface area is 112 Å². The Morgan fingerprint density at radius 1 is 1.05 bits per heavy atom. The lowest BCUT2D eigenvalue weighted by Crippen LogP contribution is -2.37. The second kappa shape index (κ2) is 5.77. The highest BCUT2D eigenvalue weighted by atomic mass is 16.6. The van der Waals surface area contributed by atoms with E-state index in [1.165, 1.54) is 0 Å². The summed E-state index contributed by atoms with van der Waals surface area (Å²) in [5.41, 5.74) is 7.23. The SMILES string of the molecule is NC(c1ccc2c(c1)OCCCO2)C1COCCO1. The molecule has 5 nitrogen and oxygen atoms in total. The zero-order chi connectivity index (χ0) is 13.1. The van der Waals surface area contributed by atoms with Crippen LogP contribution in [0.1, 0.15) is 18.0 Å². The topological polar surface area (TPSA) is 62.9 Å². The molecule has 2 heterocycles. The van der Waals surface area contributed by atoms with Crippen molar-refractivity contribution in [1.29, 1.82) is 0 Å². The molecular weight excluding hydrogens is 246 g/mol. The molecule has 19 heavy (non-hydrogen) atoms. The molecule has 0 amide bonds. The number of hydrogen-bond donors (Lipinski definition) is 1. The van der Waals surface area contributed by atoms with Crippen molar-refractivity contribution in [3.05, 3.63) is 23.8 Å². The standard InChI is InChI=1S/C14H19NO4/c15-14(13-9-16-6-7-19-13)10-2-3-11-12(8-10)18-5-1-4-17-11/h2-3,8,13-14H,1,4-7,9,15H2. The van der Waals surface area contributed by atoms with Gasteiger partial charge < -0.3 is 24.7 Å². The van der Waals surface area contributed by atoms with Gasteiger partial charge >= 0.3 is 0 Å². The van der Waals surface area contributed by atoms with Gasteiger partial charge in [-0.2, -0.15) is 0 Å². The first kappa shape index (κ1) is 12.7. The first-order valence-corrected chi connectivity index (χ1v) is 6.69. The van der Waals surface area contributed by atoms with E-state index >= 15 is 0 Å². The second-order valence-electron chi connectivity index (χ2n) is 4.77. The van der Waals surface area contributed by atoms with Gasteiger partial charge in [-0.3, -0.25) is 0 Å². The fraction of sp³-hybridized carbons (Fsp3) is 0.571. The highest BCUT2D eigenvalue weighted by molar-refractivity contribution is 5.44. The van der Waals surface area contributed by atoms with Crippen LogP contribution in [0.15, 0.2) is 18.2 Å². The molecule has 2 aliphatic rings. The summed E-state index contributed by atoms with van der Waals surface area (Å²) in [6, 6.07) is 5.62. The molecule has 5 heteroatoms. The predicted molar refractivity (Wildman–Crippen MR) is 69.5 cm³/mol. The van der Waals surface area contributed by atoms with Gasteiger partial charge in [-0.15, -0.1) is 0 Å². The summed E-state index contributed by atoms with van der Waals surface area (Å²) in [5.74, 6) is 1.55. The van der Waals surface area contributed by atoms with Gasteiger partial charge in [-0.05, 0) is 17.7 Å². The number of nitrogens with two attached hydrogens (primary N) is 1. The van der Waals surface area contributed by atoms with Crippen LogP contribution in [0.2, 0.25) is 0 Å². The third kappa shape index (κ3) is 2.83. The Morgan fingerprint density at radius 3 is 2.68 bits per heavy atom. The van der Waals surface area contributed by atoms with E-state index < -0.39 is 0 Å². The van der Waals surface area contributed by atoms with Crippen molar-refractivity contribution < 1.29 is 18.9 Å². The Bertz CT molecular complexity index is 431. The van der Waals surface area contributed by atoms with Gasteiger partial charge in [-0.1, -0.05) is 6.07 Å². The van der Waals surface area contributed by atoms with E-state index in [1.807, 2.05) is 18.2 Å². The molecule has 1 aromatic carbocycles. The summed E-state index contributed by atoms with van der Waals surface area (Å²) in [6.45, 7) is 3.15. The summed E-state index contributed by atoms with van der Waals surface area (Å²) < 4.78 is 22.3. The molecule has 0 bridgehead atoms. The van der Waals surface area contributed by atoms with Crippen molar-refractivity contribution >= 4 is 0 Å². The van der Waals surface area contributed by atoms with E-state index in [-0.39, 0.29) is 12.1 Å². The summed E-state index contributed by atoms with van der Waals surface area (Å²) in [7, 11) is 0. The molecule has 0 radical (unpaired) electrons. The van der Waals surface area contributed by atoms with E-state index in [0.717, 1.165) is 23.5 Å². The van der Waals surface area contributed by atoms with E-state index in [0.29, 0.717) is 33.0 Å². The lowest BCUT2D eigenvalue weighted by Gasteiger charge is -2.28. The van der Waals surface area contributed by atoms with Gasteiger partial charge in [-0.25, -0.2) is 0 Å². The lowest BCUT2D eigenvalue weighted by molar-refractivity contribution is -0.0975. The monoisotopic (exact) mass is 265 g/mol. The highest BCUT2D eigenvalue weighted by Gasteiger charge is 2.24. The van der Waals surface area contributed by atoms with Crippen molar-refractivity contribution in [2.24, 2.45) is 5.73 Å². The van der Waals surface area contributed by atoms with Crippen molar-refractivity contribution in [1.82, 2.24) is 0 Å². The zero-order valence-electron chi connectivity index (χ0n) is 10.8. The van der Waals surface area contributed by atoms with Crippen LogP contribution in [-0.2, 0) is 9.47 Å². The summed E-state index contributed by atoms with van der Waals surface area (Å²) in [6.07, 6.45) is 0.800. The van der Waals surface area contributed by atoms with E-state index in [2.05, 4.69) is 0 Å². The molecule has 1 fully saturated rings. The molecule has 0 saturated carbocycles. The number of hydrogen-bond acceptors (Lipinski definition) is 5. The van der Waals surface area contributed by atoms with Crippen molar-refractivity contribution in [3.63, 3.8) is 0 Å². The van der Waals surface area contributed by atoms with Crippen LogP contribution in [0.25, 0.3) is 0 Å². The second-order valence-corrected chi connectivity index (χ2v) is 4.77. The Balaban J connectivity index is 1.78. The minimum Gasteiger partial charge on any atom is -0.490 e. The smallest absolute Gasteiger partial charge is 0.161 e. The lowest BCUT2D eigenvalue weighted by atomic mass is 10.0. The fourth-order valence-electron chi connectivity index (χ4n) is 2.32. The van der Waals surface area contributed by atoms with E-state index in [4.69, 9.17) is 24.7 Å². The molecule has 2 unspecified atom stereocenters. The molecule has 3 rings (SSSR count). The largest absolute Gasteiger partial charge is 0.490 e. The summed E-state index contributed by atoms with van der Waals surface area (Å²) in [5, 5.41) is 0. The van der Waals surface area contributed by atoms with Gasteiger partial charge in [0.05, 0.1) is 39.1 Å². The van der Waals surface area contributed by atoms with E-state index in [1.54, 1.807) is 0 Å². The van der Waals surface area contributed by atoms with Gasteiger partial charge in [0.25, 0.3) is 0 Å². The molecule has 104 valence electrons.